The highest BCUT2D eigenvalue weighted by molar-refractivity contribution is 5.83. The lowest BCUT2D eigenvalue weighted by atomic mass is 10.1. The molecule has 2 heterocycles. The van der Waals surface area contributed by atoms with E-state index >= 15 is 0 Å². The molecular weight excluding hydrogens is 290 g/mol. The van der Waals surface area contributed by atoms with Crippen molar-refractivity contribution in [3.05, 3.63) is 35.9 Å². The fourth-order valence-corrected chi connectivity index (χ4v) is 2.98. The Hall–Kier alpha value is -2.16. The summed E-state index contributed by atoms with van der Waals surface area (Å²) in [7, 11) is 0. The molecule has 1 aromatic carbocycles. The van der Waals surface area contributed by atoms with E-state index in [1.54, 1.807) is 0 Å². The minimum Gasteiger partial charge on any atom is -0.396 e. The molecule has 2 aromatic rings. The molecule has 5 nitrogen and oxygen atoms in total. The third-order valence-electron chi connectivity index (χ3n) is 4.22. The predicted octanol–water partition coefficient (Wildman–Crippen LogP) is 2.47. The maximum absolute atomic E-state index is 9.44. The summed E-state index contributed by atoms with van der Waals surface area (Å²) < 4.78 is 5.76. The topological polar surface area (TPSA) is 69.4 Å². The number of aliphatic hydroxyl groups excluding tert-OH is 1. The largest absolute Gasteiger partial charge is 0.396 e. The molecule has 1 aromatic heterocycles. The van der Waals surface area contributed by atoms with Crippen molar-refractivity contribution in [1.82, 2.24) is 4.98 Å². The third kappa shape index (κ3) is 3.61. The number of rotatable bonds is 5. The summed E-state index contributed by atoms with van der Waals surface area (Å²) in [5.41, 5.74) is 1.55. The molecule has 1 aliphatic rings. The molecule has 1 fully saturated rings. The zero-order valence-electron chi connectivity index (χ0n) is 13.1. The number of nitrogens with zero attached hydrogens (tertiary/aromatic N) is 3. The van der Waals surface area contributed by atoms with Gasteiger partial charge in [0.1, 0.15) is 11.9 Å². The van der Waals surface area contributed by atoms with Crippen LogP contribution in [0.1, 0.15) is 24.8 Å². The van der Waals surface area contributed by atoms with Crippen molar-refractivity contribution in [2.45, 2.75) is 25.4 Å². The maximum atomic E-state index is 9.44. The number of hydrogen-bond acceptors (Lipinski definition) is 5. The molecule has 0 spiro atoms. The number of hydrogen-bond donors (Lipinski definition) is 1. The van der Waals surface area contributed by atoms with Gasteiger partial charge in [-0.15, -0.1) is 0 Å². The van der Waals surface area contributed by atoms with E-state index in [0.717, 1.165) is 42.7 Å². The van der Waals surface area contributed by atoms with Gasteiger partial charge >= 0.3 is 0 Å². The molecule has 0 atom stereocenters. The number of nitriles is 1. The molecule has 1 aliphatic heterocycles. The normalized spacial score (nSPS) is 15.7. The van der Waals surface area contributed by atoms with Crippen molar-refractivity contribution in [2.24, 2.45) is 0 Å². The van der Waals surface area contributed by atoms with Crippen LogP contribution >= 0.6 is 0 Å². The number of piperidine rings is 1. The number of pyridine rings is 1. The lowest BCUT2D eigenvalue weighted by Gasteiger charge is -2.33. The number of ether oxygens (including phenoxy) is 1. The molecule has 3 rings (SSSR count). The van der Waals surface area contributed by atoms with Crippen LogP contribution in [0.2, 0.25) is 0 Å². The van der Waals surface area contributed by atoms with E-state index in [-0.39, 0.29) is 12.7 Å². The van der Waals surface area contributed by atoms with Gasteiger partial charge in [0.2, 0.25) is 0 Å². The van der Waals surface area contributed by atoms with E-state index in [1.165, 1.54) is 0 Å². The number of para-hydroxylation sites is 1. The van der Waals surface area contributed by atoms with Crippen LogP contribution < -0.4 is 4.90 Å². The number of aromatic nitrogens is 1. The van der Waals surface area contributed by atoms with Gasteiger partial charge in [0.05, 0.1) is 17.2 Å². The van der Waals surface area contributed by atoms with Gasteiger partial charge in [0.15, 0.2) is 0 Å². The van der Waals surface area contributed by atoms with Gasteiger partial charge in [-0.25, -0.2) is 4.98 Å². The summed E-state index contributed by atoms with van der Waals surface area (Å²) in [6.45, 7) is 2.46. The standard InChI is InChI=1S/C18H21N3O2/c19-13-15-12-14-4-1-2-5-17(14)20-18(15)21-8-6-16(7-9-21)23-11-3-10-22/h1-2,4-5,12,16,22H,3,6-11H2. The van der Waals surface area contributed by atoms with Crippen molar-refractivity contribution < 1.29 is 9.84 Å². The van der Waals surface area contributed by atoms with Crippen LogP contribution in [0.15, 0.2) is 30.3 Å². The fraction of sp³-hybridized carbons (Fsp3) is 0.444. The van der Waals surface area contributed by atoms with Crippen molar-refractivity contribution in [3.8, 4) is 6.07 Å². The smallest absolute Gasteiger partial charge is 0.147 e. The zero-order valence-corrected chi connectivity index (χ0v) is 13.1. The Bertz CT molecular complexity index is 703. The number of anilines is 1. The molecule has 0 aliphatic carbocycles. The van der Waals surface area contributed by atoms with Crippen LogP contribution in [-0.2, 0) is 4.74 Å². The van der Waals surface area contributed by atoms with E-state index in [0.29, 0.717) is 18.6 Å². The van der Waals surface area contributed by atoms with E-state index < -0.39 is 0 Å². The summed E-state index contributed by atoms with van der Waals surface area (Å²) in [4.78, 5) is 6.88. The first-order valence-electron chi connectivity index (χ1n) is 8.09. The Labute approximate surface area is 136 Å². The minimum atomic E-state index is 0.172. The molecule has 23 heavy (non-hydrogen) atoms. The van der Waals surface area contributed by atoms with Crippen LogP contribution in [0.3, 0.4) is 0 Å². The van der Waals surface area contributed by atoms with Crippen molar-refractivity contribution >= 4 is 16.7 Å². The first-order valence-corrected chi connectivity index (χ1v) is 8.09. The van der Waals surface area contributed by atoms with Crippen molar-refractivity contribution in [2.75, 3.05) is 31.2 Å². The predicted molar refractivity (Wildman–Crippen MR) is 89.3 cm³/mol. The molecule has 5 heteroatoms. The summed E-state index contributed by atoms with van der Waals surface area (Å²) in [6.07, 6.45) is 2.77. The highest BCUT2D eigenvalue weighted by Gasteiger charge is 2.22. The quantitative estimate of drug-likeness (QED) is 0.859. The summed E-state index contributed by atoms with van der Waals surface area (Å²) in [5, 5.41) is 19.2. The van der Waals surface area contributed by atoms with Gasteiger partial charge in [-0.3, -0.25) is 0 Å². The van der Waals surface area contributed by atoms with Gasteiger partial charge < -0.3 is 14.7 Å². The monoisotopic (exact) mass is 311 g/mol. The van der Waals surface area contributed by atoms with Crippen LogP contribution in [0.4, 0.5) is 5.82 Å². The second kappa shape index (κ2) is 7.40. The van der Waals surface area contributed by atoms with E-state index in [2.05, 4.69) is 11.0 Å². The summed E-state index contributed by atoms with van der Waals surface area (Å²) in [5.74, 6) is 0.778. The Balaban J connectivity index is 1.73. The molecule has 0 saturated carbocycles. The molecule has 0 unspecified atom stereocenters. The lowest BCUT2D eigenvalue weighted by Crippen LogP contribution is -2.38. The average Bonchev–Trinajstić information content (AvgIpc) is 2.61. The Morgan fingerprint density at radius 2 is 2.09 bits per heavy atom. The molecule has 120 valence electrons. The fourth-order valence-electron chi connectivity index (χ4n) is 2.98. The SMILES string of the molecule is N#Cc1cc2ccccc2nc1N1CCC(OCCCO)CC1. The number of aliphatic hydroxyl groups is 1. The van der Waals surface area contributed by atoms with Crippen LogP contribution in [0, 0.1) is 11.3 Å². The molecule has 0 radical (unpaired) electrons. The second-order valence-electron chi connectivity index (χ2n) is 5.80. The van der Waals surface area contributed by atoms with E-state index in [9.17, 15) is 5.26 Å². The average molecular weight is 311 g/mol. The molecule has 0 bridgehead atoms. The van der Waals surface area contributed by atoms with E-state index in [1.807, 2.05) is 30.3 Å². The summed E-state index contributed by atoms with van der Waals surface area (Å²) in [6, 6.07) is 12.1. The van der Waals surface area contributed by atoms with Gasteiger partial charge in [-0.05, 0) is 31.4 Å². The molecule has 1 saturated heterocycles. The first kappa shape index (κ1) is 15.7. The van der Waals surface area contributed by atoms with Crippen LogP contribution in [0.25, 0.3) is 10.9 Å². The number of benzene rings is 1. The maximum Gasteiger partial charge on any atom is 0.147 e. The molecular formula is C18H21N3O2. The second-order valence-corrected chi connectivity index (χ2v) is 5.80. The Kier molecular flexibility index (Phi) is 5.06. The minimum absolute atomic E-state index is 0.172. The van der Waals surface area contributed by atoms with Gasteiger partial charge in [0.25, 0.3) is 0 Å². The van der Waals surface area contributed by atoms with Gasteiger partial charge in [0, 0.05) is 31.7 Å². The van der Waals surface area contributed by atoms with E-state index in [4.69, 9.17) is 14.8 Å². The Morgan fingerprint density at radius 1 is 1.30 bits per heavy atom. The summed E-state index contributed by atoms with van der Waals surface area (Å²) >= 11 is 0. The zero-order chi connectivity index (χ0) is 16.1. The van der Waals surface area contributed by atoms with Gasteiger partial charge in [-0.2, -0.15) is 5.26 Å². The lowest BCUT2D eigenvalue weighted by molar-refractivity contribution is 0.0293. The van der Waals surface area contributed by atoms with Gasteiger partial charge in [-0.1, -0.05) is 18.2 Å². The van der Waals surface area contributed by atoms with Crippen LogP contribution in [0.5, 0.6) is 0 Å². The third-order valence-corrected chi connectivity index (χ3v) is 4.22. The molecule has 1 N–H and O–H groups in total. The van der Waals surface area contributed by atoms with Crippen molar-refractivity contribution in [1.29, 1.82) is 5.26 Å². The first-order chi connectivity index (χ1) is 11.3. The highest BCUT2D eigenvalue weighted by atomic mass is 16.5. The Morgan fingerprint density at radius 3 is 2.83 bits per heavy atom. The van der Waals surface area contributed by atoms with Crippen molar-refractivity contribution in [3.63, 3.8) is 0 Å². The highest BCUT2D eigenvalue weighted by Crippen LogP contribution is 2.26. The van der Waals surface area contributed by atoms with Crippen LogP contribution in [-0.4, -0.2) is 42.5 Å². The molecule has 0 amide bonds. The number of fused-ring (bicyclic) bond motifs is 1.